The molecule has 0 amide bonds. The largest absolute Gasteiger partial charge is 0.488 e. The number of nitrogens with zero attached hydrogens (tertiary/aromatic N) is 1. The molecule has 0 saturated heterocycles. The first kappa shape index (κ1) is 7.84. The van der Waals surface area contributed by atoms with Crippen molar-refractivity contribution in [3.63, 3.8) is 0 Å². The van der Waals surface area contributed by atoms with Gasteiger partial charge in [-0.25, -0.2) is 0 Å². The molecule has 0 atom stereocenters. The summed E-state index contributed by atoms with van der Waals surface area (Å²) in [5, 5.41) is 0. The number of halogens is 3. The molecule has 0 radical (unpaired) electrons. The van der Waals surface area contributed by atoms with Crippen molar-refractivity contribution in [3.05, 3.63) is 24.0 Å². The number of carbonyl (C=O) groups excluding carboxylic acids is 1. The number of aldehydes is 1. The fourth-order valence-corrected chi connectivity index (χ4v) is 0.721. The minimum Gasteiger partial charge on any atom is -0.296 e. The second kappa shape index (κ2) is 2.41. The van der Waals surface area contributed by atoms with Crippen molar-refractivity contribution >= 4 is 6.29 Å². The second-order valence-electron chi connectivity index (χ2n) is 1.89. The topological polar surface area (TPSA) is 22.0 Å². The van der Waals surface area contributed by atoms with Crippen molar-refractivity contribution in [3.8, 4) is 0 Å². The van der Waals surface area contributed by atoms with Gasteiger partial charge >= 0.3 is 6.30 Å². The number of hydrogen-bond acceptors (Lipinski definition) is 1. The molecule has 0 unspecified atom stereocenters. The van der Waals surface area contributed by atoms with Crippen molar-refractivity contribution in [2.24, 2.45) is 0 Å². The standard InChI is InChI=1S/C6H4F3NO/c7-6(8,9)10-3-1-2-5(10)4-11/h1-4H. The molecule has 2 nitrogen and oxygen atoms in total. The fourth-order valence-electron chi connectivity index (χ4n) is 0.721. The van der Waals surface area contributed by atoms with Crippen LogP contribution >= 0.6 is 0 Å². The second-order valence-corrected chi connectivity index (χ2v) is 1.89. The van der Waals surface area contributed by atoms with E-state index in [4.69, 9.17) is 0 Å². The highest BCUT2D eigenvalue weighted by Gasteiger charge is 2.31. The van der Waals surface area contributed by atoms with Crippen LogP contribution in [0.25, 0.3) is 0 Å². The summed E-state index contributed by atoms with van der Waals surface area (Å²) in [6.45, 7) is 0. The van der Waals surface area contributed by atoms with E-state index in [2.05, 4.69) is 0 Å². The predicted octanol–water partition coefficient (Wildman–Crippen LogP) is 1.78. The van der Waals surface area contributed by atoms with Crippen LogP contribution in [-0.4, -0.2) is 10.9 Å². The summed E-state index contributed by atoms with van der Waals surface area (Å²) >= 11 is 0. The number of alkyl halides is 3. The highest BCUT2D eigenvalue weighted by molar-refractivity contribution is 5.72. The van der Waals surface area contributed by atoms with Gasteiger partial charge in [0.15, 0.2) is 6.29 Å². The average Bonchev–Trinajstić information content (AvgIpc) is 2.31. The Balaban J connectivity index is 3.12. The molecule has 0 aliphatic heterocycles. The lowest BCUT2D eigenvalue weighted by atomic mass is 10.5. The van der Waals surface area contributed by atoms with Crippen molar-refractivity contribution in [2.75, 3.05) is 0 Å². The summed E-state index contributed by atoms with van der Waals surface area (Å²) in [6.07, 6.45) is -3.54. The van der Waals surface area contributed by atoms with E-state index in [0.717, 1.165) is 18.3 Å². The molecule has 0 spiro atoms. The molecule has 0 aliphatic carbocycles. The van der Waals surface area contributed by atoms with Gasteiger partial charge in [0.25, 0.3) is 0 Å². The molecule has 0 saturated carbocycles. The summed E-state index contributed by atoms with van der Waals surface area (Å²) in [4.78, 5) is 10.0. The Bertz CT molecular complexity index is 263. The maximum absolute atomic E-state index is 11.9. The van der Waals surface area contributed by atoms with Crippen molar-refractivity contribution < 1.29 is 18.0 Å². The first-order chi connectivity index (χ1) is 5.05. The Morgan fingerprint density at radius 1 is 1.45 bits per heavy atom. The first-order valence-electron chi connectivity index (χ1n) is 2.75. The molecule has 0 bridgehead atoms. The Labute approximate surface area is 60.2 Å². The smallest absolute Gasteiger partial charge is 0.296 e. The monoisotopic (exact) mass is 163 g/mol. The summed E-state index contributed by atoms with van der Waals surface area (Å²) in [5.74, 6) is 0. The molecular formula is C6H4F3NO. The van der Waals surface area contributed by atoms with Gasteiger partial charge in [-0.1, -0.05) is 0 Å². The van der Waals surface area contributed by atoms with Gasteiger partial charge in [-0.15, -0.1) is 13.2 Å². The van der Waals surface area contributed by atoms with Crippen LogP contribution in [0, 0.1) is 0 Å². The van der Waals surface area contributed by atoms with E-state index in [1.165, 1.54) is 0 Å². The normalized spacial score (nSPS) is 11.5. The number of rotatable bonds is 1. The van der Waals surface area contributed by atoms with Crippen LogP contribution in [0.3, 0.4) is 0 Å². The van der Waals surface area contributed by atoms with Gasteiger partial charge in [-0.05, 0) is 12.1 Å². The van der Waals surface area contributed by atoms with E-state index >= 15 is 0 Å². The van der Waals surface area contributed by atoms with Crippen molar-refractivity contribution in [2.45, 2.75) is 6.30 Å². The Morgan fingerprint density at radius 2 is 2.09 bits per heavy atom. The quantitative estimate of drug-likeness (QED) is 0.578. The van der Waals surface area contributed by atoms with Crippen LogP contribution in [0.1, 0.15) is 10.5 Å². The van der Waals surface area contributed by atoms with E-state index in [0.29, 0.717) is 0 Å². The minimum atomic E-state index is -4.50. The lowest BCUT2D eigenvalue weighted by Crippen LogP contribution is -2.17. The van der Waals surface area contributed by atoms with Gasteiger partial charge in [0.05, 0.1) is 5.69 Å². The fraction of sp³-hybridized carbons (Fsp3) is 0.167. The van der Waals surface area contributed by atoms with E-state index < -0.39 is 12.0 Å². The van der Waals surface area contributed by atoms with Crippen LogP contribution in [0.4, 0.5) is 13.2 Å². The molecule has 5 heteroatoms. The molecule has 0 fully saturated rings. The van der Waals surface area contributed by atoms with Gasteiger partial charge in [0.2, 0.25) is 0 Å². The molecule has 1 aromatic rings. The molecule has 0 aliphatic rings. The van der Waals surface area contributed by atoms with Crippen LogP contribution in [0.5, 0.6) is 0 Å². The molecule has 1 aromatic heterocycles. The third-order valence-corrected chi connectivity index (χ3v) is 1.17. The van der Waals surface area contributed by atoms with Gasteiger partial charge in [0, 0.05) is 6.20 Å². The third-order valence-electron chi connectivity index (χ3n) is 1.17. The Morgan fingerprint density at radius 3 is 2.45 bits per heavy atom. The Kier molecular flexibility index (Phi) is 1.72. The van der Waals surface area contributed by atoms with Crippen molar-refractivity contribution in [1.82, 2.24) is 4.57 Å². The summed E-state index contributed by atoms with van der Waals surface area (Å²) in [6, 6.07) is 2.26. The SMILES string of the molecule is O=Cc1cccn1C(F)(F)F. The van der Waals surface area contributed by atoms with Crippen molar-refractivity contribution in [1.29, 1.82) is 0 Å². The molecule has 1 heterocycles. The van der Waals surface area contributed by atoms with Gasteiger partial charge < -0.3 is 0 Å². The predicted molar refractivity (Wildman–Crippen MR) is 31.1 cm³/mol. The molecule has 1 rings (SSSR count). The van der Waals surface area contributed by atoms with Crippen LogP contribution < -0.4 is 0 Å². The van der Waals surface area contributed by atoms with E-state index in [-0.39, 0.29) is 10.9 Å². The third kappa shape index (κ3) is 1.42. The molecule has 11 heavy (non-hydrogen) atoms. The lowest BCUT2D eigenvalue weighted by Gasteiger charge is -2.08. The molecule has 0 aromatic carbocycles. The number of aromatic nitrogens is 1. The maximum Gasteiger partial charge on any atom is 0.488 e. The summed E-state index contributed by atoms with van der Waals surface area (Å²) in [7, 11) is 0. The zero-order valence-electron chi connectivity index (χ0n) is 5.30. The first-order valence-corrected chi connectivity index (χ1v) is 2.75. The number of hydrogen-bond donors (Lipinski definition) is 0. The number of carbonyl (C=O) groups is 1. The van der Waals surface area contributed by atoms with Crippen LogP contribution in [-0.2, 0) is 6.30 Å². The lowest BCUT2D eigenvalue weighted by molar-refractivity contribution is -0.204. The zero-order valence-corrected chi connectivity index (χ0v) is 5.30. The minimum absolute atomic E-state index is 0.0417. The highest BCUT2D eigenvalue weighted by Crippen LogP contribution is 2.23. The molecule has 0 N–H and O–H groups in total. The van der Waals surface area contributed by atoms with Crippen LogP contribution in [0.2, 0.25) is 0 Å². The molecule has 60 valence electrons. The van der Waals surface area contributed by atoms with E-state index in [9.17, 15) is 18.0 Å². The van der Waals surface area contributed by atoms with Crippen LogP contribution in [0.15, 0.2) is 18.3 Å². The summed E-state index contributed by atoms with van der Waals surface area (Å²) in [5.41, 5.74) is -0.391. The highest BCUT2D eigenvalue weighted by atomic mass is 19.4. The summed E-state index contributed by atoms with van der Waals surface area (Å²) < 4.78 is 35.6. The van der Waals surface area contributed by atoms with E-state index in [1.807, 2.05) is 0 Å². The Hall–Kier alpha value is -1.26. The average molecular weight is 163 g/mol. The van der Waals surface area contributed by atoms with Gasteiger partial charge in [-0.3, -0.25) is 9.36 Å². The molecular weight excluding hydrogens is 159 g/mol. The van der Waals surface area contributed by atoms with Gasteiger partial charge in [-0.2, -0.15) is 0 Å². The maximum atomic E-state index is 11.9. The van der Waals surface area contributed by atoms with E-state index in [1.54, 1.807) is 0 Å². The van der Waals surface area contributed by atoms with Gasteiger partial charge in [0.1, 0.15) is 0 Å². The zero-order chi connectivity index (χ0) is 8.48.